The van der Waals surface area contributed by atoms with Crippen molar-refractivity contribution in [3.8, 4) is 0 Å². The topological polar surface area (TPSA) is 24.1 Å². The number of fused-ring (bicyclic) bond motifs is 1. The molecule has 0 saturated heterocycles. The molecule has 0 unspecified atom stereocenters. The molecule has 0 bridgehead atoms. The van der Waals surface area contributed by atoms with E-state index in [9.17, 15) is 5.21 Å². The Morgan fingerprint density at radius 2 is 2.00 bits per heavy atom. The molecule has 2 nitrogen and oxygen atoms in total. The van der Waals surface area contributed by atoms with Gasteiger partial charge in [0.25, 0.3) is 5.52 Å². The van der Waals surface area contributed by atoms with Crippen molar-refractivity contribution in [1.29, 1.82) is 0 Å². The van der Waals surface area contributed by atoms with Crippen LogP contribution in [0.2, 0.25) is 0 Å². The van der Waals surface area contributed by atoms with Crippen molar-refractivity contribution in [2.24, 2.45) is 0 Å². The zero-order valence-electron chi connectivity index (χ0n) is 8.44. The van der Waals surface area contributed by atoms with E-state index in [1.54, 1.807) is 6.20 Å². The van der Waals surface area contributed by atoms with E-state index in [1.807, 2.05) is 24.3 Å². The van der Waals surface area contributed by atoms with Gasteiger partial charge in [0, 0.05) is 16.9 Å². The zero-order valence-corrected chi connectivity index (χ0v) is 8.44. The molecule has 1 N–H and O–H groups in total. The number of rotatable bonds is 1. The first-order chi connectivity index (χ1) is 6.68. The zero-order chi connectivity index (χ0) is 10.1. The van der Waals surface area contributed by atoms with E-state index in [-0.39, 0.29) is 0 Å². The van der Waals surface area contributed by atoms with Crippen molar-refractivity contribution in [3.05, 3.63) is 42.1 Å². The Morgan fingerprint density at radius 1 is 1.21 bits per heavy atom. The smallest absolute Gasteiger partial charge is 0.264 e. The Kier molecular flexibility index (Phi) is 2.12. The SMILES string of the molecule is CC(C)c1ccc2ccc[n+](O)c2c1. The molecule has 2 heteroatoms. The maximum absolute atomic E-state index is 9.59. The first-order valence-electron chi connectivity index (χ1n) is 4.82. The summed E-state index contributed by atoms with van der Waals surface area (Å²) in [5.74, 6) is 0.486. The lowest BCUT2D eigenvalue weighted by Crippen LogP contribution is -2.29. The summed E-state index contributed by atoms with van der Waals surface area (Å²) < 4.78 is 1.17. The monoisotopic (exact) mass is 188 g/mol. The molecule has 0 aliphatic heterocycles. The molecule has 1 aromatic heterocycles. The molecule has 0 saturated carbocycles. The van der Waals surface area contributed by atoms with E-state index in [0.29, 0.717) is 5.92 Å². The van der Waals surface area contributed by atoms with E-state index in [2.05, 4.69) is 19.9 Å². The molecule has 0 aliphatic carbocycles. The summed E-state index contributed by atoms with van der Waals surface area (Å²) >= 11 is 0. The lowest BCUT2D eigenvalue weighted by Gasteiger charge is -2.03. The number of hydrogen-bond acceptors (Lipinski definition) is 1. The van der Waals surface area contributed by atoms with Crippen molar-refractivity contribution < 1.29 is 9.94 Å². The molecular formula is C12H14NO+. The number of aromatic nitrogens is 1. The fourth-order valence-electron chi connectivity index (χ4n) is 1.57. The summed E-state index contributed by atoms with van der Waals surface area (Å²) in [5, 5.41) is 10.6. The van der Waals surface area contributed by atoms with Gasteiger partial charge in [-0.3, -0.25) is 5.21 Å². The maximum Gasteiger partial charge on any atom is 0.264 e. The lowest BCUT2D eigenvalue weighted by molar-refractivity contribution is -0.884. The van der Waals surface area contributed by atoms with E-state index >= 15 is 0 Å². The summed E-state index contributed by atoms with van der Waals surface area (Å²) in [6, 6.07) is 9.99. The van der Waals surface area contributed by atoms with E-state index in [1.165, 1.54) is 10.3 Å². The van der Waals surface area contributed by atoms with Crippen LogP contribution in [0.1, 0.15) is 25.3 Å². The van der Waals surface area contributed by atoms with Gasteiger partial charge < -0.3 is 0 Å². The third-order valence-corrected chi connectivity index (χ3v) is 2.47. The highest BCUT2D eigenvalue weighted by Crippen LogP contribution is 2.18. The Balaban J connectivity index is 2.70. The third-order valence-electron chi connectivity index (χ3n) is 2.47. The summed E-state index contributed by atoms with van der Waals surface area (Å²) in [5.41, 5.74) is 2.10. The number of hydrogen-bond donors (Lipinski definition) is 1. The molecule has 0 radical (unpaired) electrons. The molecule has 0 spiro atoms. The predicted molar refractivity (Wildman–Crippen MR) is 55.4 cm³/mol. The van der Waals surface area contributed by atoms with Crippen molar-refractivity contribution in [3.63, 3.8) is 0 Å². The minimum atomic E-state index is 0.486. The largest absolute Gasteiger partial charge is 0.285 e. The maximum atomic E-state index is 9.59. The summed E-state index contributed by atoms with van der Waals surface area (Å²) in [4.78, 5) is 0. The average molecular weight is 188 g/mol. The Hall–Kier alpha value is -1.57. The Bertz CT molecular complexity index is 463. The van der Waals surface area contributed by atoms with Gasteiger partial charge in [-0.15, -0.1) is 0 Å². The fraction of sp³-hybridized carbons (Fsp3) is 0.250. The van der Waals surface area contributed by atoms with Gasteiger partial charge in [0.1, 0.15) is 0 Å². The van der Waals surface area contributed by atoms with Gasteiger partial charge in [0.05, 0.1) is 5.39 Å². The molecule has 14 heavy (non-hydrogen) atoms. The Morgan fingerprint density at radius 3 is 2.71 bits per heavy atom. The van der Waals surface area contributed by atoms with Crippen LogP contribution in [0.25, 0.3) is 10.9 Å². The van der Waals surface area contributed by atoms with E-state index < -0.39 is 0 Å². The number of benzene rings is 1. The van der Waals surface area contributed by atoms with Crippen LogP contribution < -0.4 is 4.73 Å². The predicted octanol–water partition coefficient (Wildman–Crippen LogP) is 2.49. The van der Waals surface area contributed by atoms with Crippen LogP contribution in [0.5, 0.6) is 0 Å². The van der Waals surface area contributed by atoms with Crippen molar-refractivity contribution in [1.82, 2.24) is 0 Å². The molecule has 72 valence electrons. The van der Waals surface area contributed by atoms with Crippen LogP contribution in [0.4, 0.5) is 0 Å². The van der Waals surface area contributed by atoms with Gasteiger partial charge in [-0.2, -0.15) is 0 Å². The van der Waals surface area contributed by atoms with Crippen molar-refractivity contribution in [2.75, 3.05) is 0 Å². The van der Waals surface area contributed by atoms with Gasteiger partial charge in [-0.25, -0.2) is 0 Å². The van der Waals surface area contributed by atoms with Crippen LogP contribution >= 0.6 is 0 Å². The molecule has 0 amide bonds. The highest BCUT2D eigenvalue weighted by molar-refractivity contribution is 5.76. The molecule has 2 rings (SSSR count). The average Bonchev–Trinajstić information content (AvgIpc) is 2.18. The second-order valence-electron chi connectivity index (χ2n) is 3.83. The highest BCUT2D eigenvalue weighted by Gasteiger charge is 2.08. The molecule has 1 aromatic carbocycles. The van der Waals surface area contributed by atoms with Gasteiger partial charge >= 0.3 is 0 Å². The molecular weight excluding hydrogens is 174 g/mol. The van der Waals surface area contributed by atoms with Gasteiger partial charge in [0.2, 0.25) is 6.20 Å². The highest BCUT2D eigenvalue weighted by atomic mass is 16.5. The normalized spacial score (nSPS) is 11.1. The first-order valence-corrected chi connectivity index (χ1v) is 4.82. The molecule has 0 aliphatic rings. The summed E-state index contributed by atoms with van der Waals surface area (Å²) in [6.45, 7) is 4.29. The van der Waals surface area contributed by atoms with E-state index in [4.69, 9.17) is 0 Å². The summed E-state index contributed by atoms with van der Waals surface area (Å²) in [6.07, 6.45) is 1.65. The summed E-state index contributed by atoms with van der Waals surface area (Å²) in [7, 11) is 0. The van der Waals surface area contributed by atoms with Crippen LogP contribution in [0.15, 0.2) is 36.5 Å². The second kappa shape index (κ2) is 3.29. The van der Waals surface area contributed by atoms with Crippen molar-refractivity contribution >= 4 is 10.9 Å². The fourth-order valence-corrected chi connectivity index (χ4v) is 1.57. The Labute approximate surface area is 83.4 Å². The standard InChI is InChI=1S/C12H14NO/c1-9(2)11-6-5-10-4-3-7-13(14)12(10)8-11/h3-9,14H,1-2H3/q+1. The van der Waals surface area contributed by atoms with Crippen LogP contribution in [0.3, 0.4) is 0 Å². The molecule has 0 atom stereocenters. The minimum absolute atomic E-state index is 0.486. The quantitative estimate of drug-likeness (QED) is 0.539. The van der Waals surface area contributed by atoms with Crippen LogP contribution in [-0.2, 0) is 0 Å². The van der Waals surface area contributed by atoms with Crippen LogP contribution in [-0.4, -0.2) is 5.21 Å². The van der Waals surface area contributed by atoms with Gasteiger partial charge in [0.15, 0.2) is 0 Å². The lowest BCUT2D eigenvalue weighted by atomic mass is 10.0. The number of nitrogens with zero attached hydrogens (tertiary/aromatic N) is 1. The molecule has 2 aromatic rings. The van der Waals surface area contributed by atoms with Crippen molar-refractivity contribution in [2.45, 2.75) is 19.8 Å². The second-order valence-corrected chi connectivity index (χ2v) is 3.83. The first kappa shape index (κ1) is 9.00. The molecule has 0 fully saturated rings. The van der Waals surface area contributed by atoms with Crippen LogP contribution in [0, 0.1) is 0 Å². The van der Waals surface area contributed by atoms with Gasteiger partial charge in [-0.05, 0) is 23.6 Å². The number of pyridine rings is 1. The molecule has 1 heterocycles. The van der Waals surface area contributed by atoms with E-state index in [0.717, 1.165) is 10.9 Å². The van der Waals surface area contributed by atoms with Gasteiger partial charge in [-0.1, -0.05) is 19.9 Å². The third kappa shape index (κ3) is 1.43. The minimum Gasteiger partial charge on any atom is -0.285 e.